The van der Waals surface area contributed by atoms with Crippen LogP contribution < -0.4 is 0 Å². The van der Waals surface area contributed by atoms with Gasteiger partial charge in [-0.1, -0.05) is 84.9 Å². The molecule has 0 spiro atoms. The molecule has 2 heterocycles. The first-order chi connectivity index (χ1) is 18.8. The Morgan fingerprint density at radius 2 is 1.08 bits per heavy atom. The number of rotatable bonds is 2. The molecule has 0 aliphatic rings. The van der Waals surface area contributed by atoms with Gasteiger partial charge in [0, 0.05) is 27.2 Å². The summed E-state index contributed by atoms with van der Waals surface area (Å²) < 4.78 is 8.85. The largest absolute Gasteiger partial charge is 0.456 e. The molecule has 0 bridgehead atoms. The molecule has 9 rings (SSSR count). The minimum Gasteiger partial charge on any atom is -0.456 e. The molecule has 0 atom stereocenters. The van der Waals surface area contributed by atoms with Crippen LogP contribution in [-0.2, 0) is 0 Å². The Morgan fingerprint density at radius 1 is 0.395 bits per heavy atom. The second-order valence-electron chi connectivity index (χ2n) is 10.1. The topological polar surface area (TPSA) is 18.1 Å². The third-order valence-corrected chi connectivity index (χ3v) is 8.13. The lowest BCUT2D eigenvalue weighted by molar-refractivity contribution is 0.669. The summed E-state index contributed by atoms with van der Waals surface area (Å²) in [6.07, 6.45) is 0. The average molecular weight is 484 g/mol. The molecule has 0 aliphatic carbocycles. The van der Waals surface area contributed by atoms with E-state index in [0.717, 1.165) is 11.2 Å². The van der Waals surface area contributed by atoms with Crippen LogP contribution in [0.5, 0.6) is 0 Å². The fourth-order valence-electron chi connectivity index (χ4n) is 6.51. The minimum absolute atomic E-state index is 0.942. The van der Waals surface area contributed by atoms with Gasteiger partial charge in [-0.15, -0.1) is 0 Å². The maximum Gasteiger partial charge on any atom is 0.136 e. The second-order valence-corrected chi connectivity index (χ2v) is 10.1. The van der Waals surface area contributed by atoms with E-state index in [1.54, 1.807) is 0 Å². The van der Waals surface area contributed by atoms with Gasteiger partial charge in [-0.3, -0.25) is 0 Å². The summed E-state index contributed by atoms with van der Waals surface area (Å²) in [5, 5.41) is 9.95. The maximum absolute atomic E-state index is 6.46. The maximum atomic E-state index is 6.46. The summed E-state index contributed by atoms with van der Waals surface area (Å²) in [7, 11) is 0. The number of hydrogen-bond donors (Lipinski definition) is 0. The van der Waals surface area contributed by atoms with Gasteiger partial charge in [0.05, 0.1) is 11.0 Å². The van der Waals surface area contributed by atoms with Crippen molar-refractivity contribution < 1.29 is 4.42 Å². The van der Waals surface area contributed by atoms with E-state index >= 15 is 0 Å². The Balaban J connectivity index is 1.43. The molecule has 0 aliphatic heterocycles. The van der Waals surface area contributed by atoms with Crippen molar-refractivity contribution in [2.24, 2.45) is 0 Å². The van der Waals surface area contributed by atoms with Crippen LogP contribution >= 0.6 is 0 Å². The first kappa shape index (κ1) is 20.0. The van der Waals surface area contributed by atoms with Crippen LogP contribution in [0, 0.1) is 0 Å². The number of benzene rings is 7. The van der Waals surface area contributed by atoms with Crippen LogP contribution in [0.3, 0.4) is 0 Å². The van der Waals surface area contributed by atoms with E-state index < -0.39 is 0 Å². The molecule has 9 aromatic rings. The molecule has 7 aromatic carbocycles. The lowest BCUT2D eigenvalue weighted by atomic mass is 9.92. The molecule has 0 fully saturated rings. The van der Waals surface area contributed by atoms with E-state index in [-0.39, 0.29) is 0 Å². The van der Waals surface area contributed by atoms with Crippen LogP contribution in [0.2, 0.25) is 0 Å². The summed E-state index contributed by atoms with van der Waals surface area (Å²) in [6.45, 7) is 0. The molecule has 0 saturated carbocycles. The van der Waals surface area contributed by atoms with Crippen LogP contribution in [-0.4, -0.2) is 4.57 Å². The number of fused-ring (bicyclic) bond motifs is 6. The van der Waals surface area contributed by atoms with Crippen molar-refractivity contribution in [3.63, 3.8) is 0 Å². The molecule has 176 valence electrons. The third kappa shape index (κ3) is 2.56. The molecule has 0 amide bonds. The quantitative estimate of drug-likeness (QED) is 0.224. The van der Waals surface area contributed by atoms with Gasteiger partial charge >= 0.3 is 0 Å². The second kappa shape index (κ2) is 7.24. The lowest BCUT2D eigenvalue weighted by Crippen LogP contribution is -1.94. The highest BCUT2D eigenvalue weighted by molar-refractivity contribution is 6.33. The highest BCUT2D eigenvalue weighted by Crippen LogP contribution is 2.45. The van der Waals surface area contributed by atoms with E-state index in [1.807, 2.05) is 0 Å². The number of furan rings is 1. The Morgan fingerprint density at radius 3 is 1.87 bits per heavy atom. The van der Waals surface area contributed by atoms with Crippen LogP contribution in [0.25, 0.3) is 82.1 Å². The first-order valence-electron chi connectivity index (χ1n) is 13.0. The van der Waals surface area contributed by atoms with E-state index in [9.17, 15) is 0 Å². The van der Waals surface area contributed by atoms with Gasteiger partial charge in [0.15, 0.2) is 0 Å². The fraction of sp³-hybridized carbons (Fsp3) is 0. The molecular formula is C36H21NO. The van der Waals surface area contributed by atoms with Gasteiger partial charge < -0.3 is 8.98 Å². The predicted molar refractivity (Wildman–Crippen MR) is 160 cm³/mol. The molecule has 0 unspecified atom stereocenters. The minimum atomic E-state index is 0.942. The normalized spacial score (nSPS) is 12.2. The van der Waals surface area contributed by atoms with Crippen molar-refractivity contribution in [3.05, 3.63) is 127 Å². The molecule has 2 aromatic heterocycles. The smallest absolute Gasteiger partial charge is 0.136 e. The number of para-hydroxylation sites is 2. The Kier molecular flexibility index (Phi) is 3.82. The van der Waals surface area contributed by atoms with Crippen molar-refractivity contribution in [1.82, 2.24) is 4.57 Å². The summed E-state index contributed by atoms with van der Waals surface area (Å²) >= 11 is 0. The molecule has 2 nitrogen and oxygen atoms in total. The van der Waals surface area contributed by atoms with Crippen molar-refractivity contribution in [3.8, 4) is 16.8 Å². The third-order valence-electron chi connectivity index (χ3n) is 8.13. The van der Waals surface area contributed by atoms with Crippen molar-refractivity contribution in [2.75, 3.05) is 0 Å². The monoisotopic (exact) mass is 483 g/mol. The zero-order chi connectivity index (χ0) is 24.8. The van der Waals surface area contributed by atoms with Gasteiger partial charge in [0.25, 0.3) is 0 Å². The highest BCUT2D eigenvalue weighted by Gasteiger charge is 2.19. The molecule has 0 saturated heterocycles. The Labute approximate surface area is 218 Å². The van der Waals surface area contributed by atoms with E-state index in [0.29, 0.717) is 0 Å². The van der Waals surface area contributed by atoms with Gasteiger partial charge in [-0.2, -0.15) is 0 Å². The Hall–Kier alpha value is -5.08. The highest BCUT2D eigenvalue weighted by atomic mass is 16.3. The predicted octanol–water partition coefficient (Wildman–Crippen LogP) is 10.1. The van der Waals surface area contributed by atoms with E-state index in [1.165, 1.54) is 70.9 Å². The molecule has 0 radical (unpaired) electrons. The van der Waals surface area contributed by atoms with Gasteiger partial charge in [-0.05, 0) is 75.1 Å². The summed E-state index contributed by atoms with van der Waals surface area (Å²) in [5.41, 5.74) is 7.87. The van der Waals surface area contributed by atoms with Crippen LogP contribution in [0.1, 0.15) is 0 Å². The number of hydrogen-bond acceptors (Lipinski definition) is 1. The standard InChI is InChI=1S/C36H21NO/c1-2-9-22(10-3-1)23-19-30-25-18-17-24(37-31-14-6-4-11-26(31)27-12-5-7-15-32(27)37)21-29(25)28-13-8-16-33-35(28)36(30)34(20-23)38-33/h1-21H. The van der Waals surface area contributed by atoms with E-state index in [2.05, 4.69) is 132 Å². The molecule has 2 heteroatoms. The van der Waals surface area contributed by atoms with Gasteiger partial charge in [-0.25, -0.2) is 0 Å². The van der Waals surface area contributed by atoms with Gasteiger partial charge in [0.2, 0.25) is 0 Å². The zero-order valence-corrected chi connectivity index (χ0v) is 20.5. The first-order valence-corrected chi connectivity index (χ1v) is 13.0. The van der Waals surface area contributed by atoms with Crippen LogP contribution in [0.4, 0.5) is 0 Å². The average Bonchev–Trinajstić information content (AvgIpc) is 3.53. The zero-order valence-electron chi connectivity index (χ0n) is 20.5. The number of nitrogens with zero attached hydrogens (tertiary/aromatic N) is 1. The van der Waals surface area contributed by atoms with Crippen molar-refractivity contribution in [1.29, 1.82) is 0 Å². The van der Waals surface area contributed by atoms with Gasteiger partial charge in [0.1, 0.15) is 11.2 Å². The van der Waals surface area contributed by atoms with Crippen LogP contribution in [0.15, 0.2) is 132 Å². The molecule has 38 heavy (non-hydrogen) atoms. The lowest BCUT2D eigenvalue weighted by Gasteiger charge is -2.13. The summed E-state index contributed by atoms with van der Waals surface area (Å²) in [5.74, 6) is 0. The molecular weight excluding hydrogens is 462 g/mol. The fourth-order valence-corrected chi connectivity index (χ4v) is 6.51. The van der Waals surface area contributed by atoms with Crippen molar-refractivity contribution >= 4 is 65.3 Å². The van der Waals surface area contributed by atoms with E-state index in [4.69, 9.17) is 4.42 Å². The molecule has 0 N–H and O–H groups in total. The SMILES string of the molecule is c1ccc(-c2cc3oc4cccc5c6cc(-n7c8ccccc8c8ccccc87)ccc6c(c2)c3c45)cc1. The Bertz CT molecular complexity index is 2280. The van der Waals surface area contributed by atoms with Crippen molar-refractivity contribution in [2.45, 2.75) is 0 Å². The summed E-state index contributed by atoms with van der Waals surface area (Å²) in [6, 6.07) is 45.8. The summed E-state index contributed by atoms with van der Waals surface area (Å²) in [4.78, 5) is 0. The number of aromatic nitrogens is 1.